The molecule has 0 saturated carbocycles. The van der Waals surface area contributed by atoms with E-state index in [-0.39, 0.29) is 11.4 Å². The van der Waals surface area contributed by atoms with Crippen LogP contribution in [0.2, 0.25) is 0 Å². The molecule has 1 heterocycles. The molecule has 0 bridgehead atoms. The maximum atomic E-state index is 11.5. The number of methoxy groups -OCH3 is 2. The highest BCUT2D eigenvalue weighted by atomic mass is 16.5. The quantitative estimate of drug-likeness (QED) is 0.905. The van der Waals surface area contributed by atoms with E-state index in [1.807, 2.05) is 6.92 Å². The minimum atomic E-state index is -0.248. The fourth-order valence-electron chi connectivity index (χ4n) is 1.66. The van der Waals surface area contributed by atoms with E-state index in [1.54, 1.807) is 32.4 Å². The van der Waals surface area contributed by atoms with Crippen molar-refractivity contribution in [3.05, 3.63) is 40.4 Å². The topological polar surface area (TPSA) is 73.4 Å². The van der Waals surface area contributed by atoms with Crippen LogP contribution in [0.4, 0.5) is 0 Å². The summed E-state index contributed by atoms with van der Waals surface area (Å²) in [6.07, 6.45) is 0.619. The number of nitrogens with one attached hydrogen (secondary N) is 1. The van der Waals surface area contributed by atoms with E-state index in [9.17, 15) is 4.79 Å². The van der Waals surface area contributed by atoms with Crippen molar-refractivity contribution in [2.75, 3.05) is 14.2 Å². The van der Waals surface area contributed by atoms with Crippen molar-refractivity contribution in [3.8, 4) is 23.1 Å². The van der Waals surface area contributed by atoms with E-state index in [4.69, 9.17) is 14.2 Å². The molecule has 0 spiro atoms. The molecule has 0 saturated heterocycles. The van der Waals surface area contributed by atoms with Gasteiger partial charge >= 0.3 is 0 Å². The first-order valence-corrected chi connectivity index (χ1v) is 6.15. The number of aryl methyl sites for hydroxylation is 1. The zero-order valence-electron chi connectivity index (χ0n) is 11.6. The number of aromatic amines is 1. The monoisotopic (exact) mass is 276 g/mol. The van der Waals surface area contributed by atoms with E-state index in [2.05, 4.69) is 9.97 Å². The van der Waals surface area contributed by atoms with Crippen molar-refractivity contribution < 1.29 is 14.2 Å². The number of nitrogens with zero attached hydrogens (tertiary/aromatic N) is 1. The van der Waals surface area contributed by atoms with Gasteiger partial charge in [0.2, 0.25) is 5.88 Å². The third-order valence-corrected chi connectivity index (χ3v) is 2.65. The van der Waals surface area contributed by atoms with Gasteiger partial charge in [0.05, 0.1) is 20.3 Å². The Balaban J connectivity index is 2.33. The van der Waals surface area contributed by atoms with E-state index >= 15 is 0 Å². The van der Waals surface area contributed by atoms with Crippen molar-refractivity contribution in [2.45, 2.75) is 13.3 Å². The zero-order valence-corrected chi connectivity index (χ0v) is 11.6. The Morgan fingerprint density at radius 2 is 1.65 bits per heavy atom. The fourth-order valence-corrected chi connectivity index (χ4v) is 1.66. The molecule has 6 nitrogen and oxygen atoms in total. The molecular weight excluding hydrogens is 260 g/mol. The van der Waals surface area contributed by atoms with Crippen LogP contribution >= 0.6 is 0 Å². The van der Waals surface area contributed by atoms with Crippen LogP contribution in [0, 0.1) is 0 Å². The number of rotatable bonds is 5. The van der Waals surface area contributed by atoms with Gasteiger partial charge in [0.25, 0.3) is 5.56 Å². The van der Waals surface area contributed by atoms with Gasteiger partial charge in [0.15, 0.2) is 0 Å². The predicted octanol–water partition coefficient (Wildman–Crippen LogP) is 2.14. The van der Waals surface area contributed by atoms with Crippen LogP contribution in [0.15, 0.2) is 29.1 Å². The summed E-state index contributed by atoms with van der Waals surface area (Å²) in [7, 11) is 3.11. The van der Waals surface area contributed by atoms with E-state index in [1.165, 1.54) is 6.07 Å². The number of aromatic nitrogens is 2. The first-order chi connectivity index (χ1) is 9.64. The van der Waals surface area contributed by atoms with Gasteiger partial charge in [-0.25, -0.2) is 0 Å². The van der Waals surface area contributed by atoms with Crippen LogP contribution in [0.5, 0.6) is 23.1 Å². The van der Waals surface area contributed by atoms with Gasteiger partial charge in [-0.15, -0.1) is 0 Å². The molecule has 1 N–H and O–H groups in total. The Labute approximate surface area is 116 Å². The summed E-state index contributed by atoms with van der Waals surface area (Å²) in [5, 5.41) is 0. The lowest BCUT2D eigenvalue weighted by Crippen LogP contribution is -2.10. The number of hydrogen-bond donors (Lipinski definition) is 1. The molecule has 0 amide bonds. The Morgan fingerprint density at radius 3 is 2.20 bits per heavy atom. The van der Waals surface area contributed by atoms with Crippen molar-refractivity contribution in [2.24, 2.45) is 0 Å². The summed E-state index contributed by atoms with van der Waals surface area (Å²) in [6.45, 7) is 1.90. The molecule has 0 aliphatic rings. The normalized spacial score (nSPS) is 10.2. The summed E-state index contributed by atoms with van der Waals surface area (Å²) in [4.78, 5) is 18.3. The summed E-state index contributed by atoms with van der Waals surface area (Å²) in [6, 6.07) is 6.41. The lowest BCUT2D eigenvalue weighted by Gasteiger charge is -2.09. The molecule has 0 fully saturated rings. The van der Waals surface area contributed by atoms with Crippen LogP contribution < -0.4 is 19.8 Å². The minimum Gasteiger partial charge on any atom is -0.496 e. The molecule has 1 aromatic carbocycles. The third kappa shape index (κ3) is 3.28. The SMILES string of the molecule is CCc1nc(Oc2cc(OC)cc(OC)c2)cc(=O)[nH]1. The molecule has 2 rings (SSSR count). The highest BCUT2D eigenvalue weighted by Gasteiger charge is 2.06. The standard InChI is InChI=1S/C14H16N2O4/c1-4-12-15-13(17)8-14(16-12)20-11-6-9(18-2)5-10(7-11)19-3/h5-8H,4H2,1-3H3,(H,15,16,17). The van der Waals surface area contributed by atoms with Crippen molar-refractivity contribution in [1.29, 1.82) is 0 Å². The van der Waals surface area contributed by atoms with Crippen molar-refractivity contribution in [1.82, 2.24) is 9.97 Å². The molecule has 1 aromatic heterocycles. The summed E-state index contributed by atoms with van der Waals surface area (Å²) < 4.78 is 15.9. The predicted molar refractivity (Wildman–Crippen MR) is 73.9 cm³/mol. The Kier molecular flexibility index (Phi) is 4.24. The minimum absolute atomic E-state index is 0.237. The molecular formula is C14H16N2O4. The summed E-state index contributed by atoms with van der Waals surface area (Å²) in [5.41, 5.74) is -0.248. The molecule has 2 aromatic rings. The van der Waals surface area contributed by atoms with E-state index in [0.717, 1.165) is 0 Å². The zero-order chi connectivity index (χ0) is 14.5. The smallest absolute Gasteiger partial charge is 0.254 e. The second-order valence-electron chi connectivity index (χ2n) is 4.03. The van der Waals surface area contributed by atoms with Gasteiger partial charge in [-0.2, -0.15) is 4.98 Å². The van der Waals surface area contributed by atoms with Gasteiger partial charge in [-0.1, -0.05) is 6.92 Å². The summed E-state index contributed by atoms with van der Waals surface area (Å²) >= 11 is 0. The molecule has 0 atom stereocenters. The van der Waals surface area contributed by atoms with E-state index in [0.29, 0.717) is 29.5 Å². The van der Waals surface area contributed by atoms with Crippen molar-refractivity contribution >= 4 is 0 Å². The maximum absolute atomic E-state index is 11.5. The third-order valence-electron chi connectivity index (χ3n) is 2.65. The first kappa shape index (κ1) is 13.9. The van der Waals surface area contributed by atoms with Gasteiger partial charge < -0.3 is 19.2 Å². The number of ether oxygens (including phenoxy) is 3. The van der Waals surface area contributed by atoms with Gasteiger partial charge in [-0.3, -0.25) is 4.79 Å². The molecule has 0 aliphatic carbocycles. The number of hydrogen-bond acceptors (Lipinski definition) is 5. The Hall–Kier alpha value is -2.50. The Morgan fingerprint density at radius 1 is 1.05 bits per heavy atom. The highest BCUT2D eigenvalue weighted by Crippen LogP contribution is 2.29. The summed E-state index contributed by atoms with van der Waals surface area (Å²) in [5.74, 6) is 2.49. The lowest BCUT2D eigenvalue weighted by molar-refractivity contribution is 0.384. The molecule has 0 radical (unpaired) electrons. The Bertz CT molecular complexity index is 630. The number of benzene rings is 1. The lowest BCUT2D eigenvalue weighted by atomic mass is 10.3. The maximum Gasteiger partial charge on any atom is 0.254 e. The largest absolute Gasteiger partial charge is 0.496 e. The second-order valence-corrected chi connectivity index (χ2v) is 4.03. The average molecular weight is 276 g/mol. The first-order valence-electron chi connectivity index (χ1n) is 6.15. The average Bonchev–Trinajstić information content (AvgIpc) is 2.46. The second kappa shape index (κ2) is 6.10. The van der Waals surface area contributed by atoms with Crippen LogP contribution in [0.3, 0.4) is 0 Å². The molecule has 6 heteroatoms. The van der Waals surface area contributed by atoms with Crippen LogP contribution in [0.1, 0.15) is 12.7 Å². The van der Waals surface area contributed by atoms with Crippen LogP contribution in [0.25, 0.3) is 0 Å². The van der Waals surface area contributed by atoms with Crippen molar-refractivity contribution in [3.63, 3.8) is 0 Å². The fraction of sp³-hybridized carbons (Fsp3) is 0.286. The van der Waals surface area contributed by atoms with Crippen LogP contribution in [-0.2, 0) is 6.42 Å². The molecule has 106 valence electrons. The van der Waals surface area contributed by atoms with Gasteiger partial charge in [0.1, 0.15) is 23.1 Å². The highest BCUT2D eigenvalue weighted by molar-refractivity contribution is 5.43. The van der Waals surface area contributed by atoms with Gasteiger partial charge in [0, 0.05) is 24.6 Å². The van der Waals surface area contributed by atoms with E-state index < -0.39 is 0 Å². The van der Waals surface area contributed by atoms with Gasteiger partial charge in [-0.05, 0) is 0 Å². The van der Waals surface area contributed by atoms with Crippen LogP contribution in [-0.4, -0.2) is 24.2 Å². The molecule has 0 unspecified atom stereocenters. The molecule has 0 aliphatic heterocycles. The number of H-pyrrole nitrogens is 1. The molecule has 20 heavy (non-hydrogen) atoms.